The largest absolute Gasteiger partial charge is 0.504 e. The highest BCUT2D eigenvalue weighted by molar-refractivity contribution is 9.10. The van der Waals surface area contributed by atoms with Crippen molar-refractivity contribution in [3.63, 3.8) is 0 Å². The van der Waals surface area contributed by atoms with E-state index in [0.29, 0.717) is 34.6 Å². The SMILES string of the molecule is COc1cc(C=C[C@H]2C3=CC[C@@H]4C(=O)N(c5ccc(Br)cc5)C(=O)[C@@H]4[C@@H]3CC3=C2C(=O)C(C)=CC3=O)ccc1O. The van der Waals surface area contributed by atoms with Gasteiger partial charge in [-0.25, -0.2) is 0 Å². The molecule has 3 aliphatic carbocycles. The van der Waals surface area contributed by atoms with E-state index in [9.17, 15) is 24.3 Å². The zero-order valence-corrected chi connectivity index (χ0v) is 23.5. The number of benzene rings is 2. The molecule has 2 aromatic carbocycles. The Hall–Kier alpha value is -4.04. The number of rotatable bonds is 4. The number of aromatic hydroxyl groups is 1. The van der Waals surface area contributed by atoms with E-state index < -0.39 is 17.8 Å². The number of fused-ring (bicyclic) bond motifs is 3. The van der Waals surface area contributed by atoms with E-state index in [4.69, 9.17) is 4.74 Å². The molecule has 0 radical (unpaired) electrons. The van der Waals surface area contributed by atoms with Crippen LogP contribution >= 0.6 is 15.9 Å². The molecule has 1 N–H and O–H groups in total. The van der Waals surface area contributed by atoms with Crippen LogP contribution in [-0.4, -0.2) is 35.6 Å². The van der Waals surface area contributed by atoms with Gasteiger partial charge in [-0.1, -0.05) is 45.8 Å². The second kappa shape index (κ2) is 9.86. The van der Waals surface area contributed by atoms with E-state index in [1.54, 1.807) is 43.3 Å². The molecule has 0 aromatic heterocycles. The van der Waals surface area contributed by atoms with Crippen LogP contribution in [-0.2, 0) is 19.2 Å². The highest BCUT2D eigenvalue weighted by Gasteiger charge is 2.56. The van der Waals surface area contributed by atoms with E-state index in [2.05, 4.69) is 15.9 Å². The van der Waals surface area contributed by atoms with E-state index in [-0.39, 0.29) is 41.5 Å². The molecule has 0 bridgehead atoms. The molecule has 4 atom stereocenters. The molecular formula is C32H26BrNO6. The number of nitrogens with zero attached hydrogens (tertiary/aromatic N) is 1. The number of amides is 2. The monoisotopic (exact) mass is 599 g/mol. The highest BCUT2D eigenvalue weighted by atomic mass is 79.9. The predicted octanol–water partition coefficient (Wildman–Crippen LogP) is 5.34. The number of halogens is 1. The average Bonchev–Trinajstić information content (AvgIpc) is 3.20. The molecular weight excluding hydrogens is 574 g/mol. The molecule has 8 heteroatoms. The third-order valence-electron chi connectivity index (χ3n) is 8.38. The molecule has 1 aliphatic heterocycles. The number of methoxy groups -OCH3 is 1. The summed E-state index contributed by atoms with van der Waals surface area (Å²) in [5.41, 5.74) is 3.38. The van der Waals surface area contributed by atoms with E-state index in [1.807, 2.05) is 18.2 Å². The maximum absolute atomic E-state index is 13.9. The van der Waals surface area contributed by atoms with Crippen molar-refractivity contribution in [1.82, 2.24) is 0 Å². The second-order valence-corrected chi connectivity index (χ2v) is 11.5. The third kappa shape index (κ3) is 4.09. The number of phenols is 1. The van der Waals surface area contributed by atoms with Gasteiger partial charge >= 0.3 is 0 Å². The Morgan fingerprint density at radius 3 is 2.50 bits per heavy atom. The van der Waals surface area contributed by atoms with Crippen molar-refractivity contribution in [2.75, 3.05) is 12.0 Å². The third-order valence-corrected chi connectivity index (χ3v) is 8.91. The van der Waals surface area contributed by atoms with Crippen molar-refractivity contribution in [3.8, 4) is 11.5 Å². The van der Waals surface area contributed by atoms with Gasteiger partial charge in [0.1, 0.15) is 0 Å². The summed E-state index contributed by atoms with van der Waals surface area (Å²) < 4.78 is 6.07. The molecule has 0 spiro atoms. The van der Waals surface area contributed by atoms with Gasteiger partial charge in [0.05, 0.1) is 24.6 Å². The van der Waals surface area contributed by atoms with Crippen molar-refractivity contribution in [3.05, 3.63) is 93.0 Å². The lowest BCUT2D eigenvalue weighted by Crippen LogP contribution is -2.40. The van der Waals surface area contributed by atoms with E-state index >= 15 is 0 Å². The summed E-state index contributed by atoms with van der Waals surface area (Å²) in [5.74, 6) is -2.65. The van der Waals surface area contributed by atoms with Crippen molar-refractivity contribution < 1.29 is 29.0 Å². The summed E-state index contributed by atoms with van der Waals surface area (Å²) in [6, 6.07) is 12.0. The Bertz CT molecular complexity index is 1610. The topological polar surface area (TPSA) is 101 Å². The lowest BCUT2D eigenvalue weighted by Gasteiger charge is -2.41. The number of allylic oxidation sites excluding steroid dienone is 7. The number of ether oxygens (including phenoxy) is 1. The molecule has 1 saturated heterocycles. The summed E-state index contributed by atoms with van der Waals surface area (Å²) in [4.78, 5) is 55.3. The number of hydrogen-bond acceptors (Lipinski definition) is 6. The fourth-order valence-corrected chi connectivity index (χ4v) is 6.75. The van der Waals surface area contributed by atoms with Crippen molar-refractivity contribution >= 4 is 51.1 Å². The maximum Gasteiger partial charge on any atom is 0.238 e. The fourth-order valence-electron chi connectivity index (χ4n) is 6.49. The first-order chi connectivity index (χ1) is 19.2. The Morgan fingerprint density at radius 1 is 1.02 bits per heavy atom. The Balaban J connectivity index is 1.42. The molecule has 1 heterocycles. The summed E-state index contributed by atoms with van der Waals surface area (Å²) in [6.07, 6.45) is 7.68. The number of hydrogen-bond donors (Lipinski definition) is 1. The number of phenolic OH excluding ortho intramolecular Hbond substituents is 1. The number of anilines is 1. The minimum Gasteiger partial charge on any atom is -0.504 e. The minimum absolute atomic E-state index is 0.0111. The molecule has 1 fully saturated rings. The van der Waals surface area contributed by atoms with Crippen LogP contribution in [0.1, 0.15) is 25.3 Å². The quantitative estimate of drug-likeness (QED) is 0.289. The Morgan fingerprint density at radius 2 is 1.77 bits per heavy atom. The molecule has 6 rings (SSSR count). The van der Waals surface area contributed by atoms with Gasteiger partial charge in [-0.15, -0.1) is 0 Å². The first kappa shape index (κ1) is 26.2. The van der Waals surface area contributed by atoms with Gasteiger partial charge in [-0.05, 0) is 73.7 Å². The summed E-state index contributed by atoms with van der Waals surface area (Å²) in [6.45, 7) is 1.64. The smallest absolute Gasteiger partial charge is 0.238 e. The zero-order chi connectivity index (χ0) is 28.3. The van der Waals surface area contributed by atoms with Gasteiger partial charge in [0.25, 0.3) is 0 Å². The van der Waals surface area contributed by atoms with Gasteiger partial charge in [0.15, 0.2) is 23.1 Å². The molecule has 0 saturated carbocycles. The van der Waals surface area contributed by atoms with Crippen LogP contribution in [0.5, 0.6) is 11.5 Å². The fraction of sp³-hybridized carbons (Fsp3) is 0.250. The molecule has 2 aromatic rings. The van der Waals surface area contributed by atoms with Gasteiger partial charge in [0.2, 0.25) is 11.8 Å². The first-order valence-corrected chi connectivity index (χ1v) is 13.9. The van der Waals surface area contributed by atoms with E-state index in [1.165, 1.54) is 24.2 Å². The predicted molar refractivity (Wildman–Crippen MR) is 152 cm³/mol. The van der Waals surface area contributed by atoms with Crippen LogP contribution in [0.4, 0.5) is 5.69 Å². The van der Waals surface area contributed by atoms with Crippen LogP contribution in [0.3, 0.4) is 0 Å². The van der Waals surface area contributed by atoms with Crippen molar-refractivity contribution in [2.24, 2.45) is 23.7 Å². The average molecular weight is 600 g/mol. The highest BCUT2D eigenvalue weighted by Crippen LogP contribution is 2.53. The van der Waals surface area contributed by atoms with Gasteiger partial charge < -0.3 is 9.84 Å². The lowest BCUT2D eigenvalue weighted by molar-refractivity contribution is -0.123. The molecule has 40 heavy (non-hydrogen) atoms. The van der Waals surface area contributed by atoms with Crippen LogP contribution < -0.4 is 9.64 Å². The Labute approximate surface area is 239 Å². The van der Waals surface area contributed by atoms with Gasteiger partial charge in [0, 0.05) is 27.1 Å². The normalized spacial score (nSPS) is 26.0. The number of carbonyl (C=O) groups is 4. The number of carbonyl (C=O) groups excluding carboxylic acids is 4. The Kier molecular flexibility index (Phi) is 6.45. The van der Waals surface area contributed by atoms with Crippen LogP contribution in [0, 0.1) is 23.7 Å². The van der Waals surface area contributed by atoms with Crippen LogP contribution in [0.25, 0.3) is 6.08 Å². The van der Waals surface area contributed by atoms with Gasteiger partial charge in [-0.3, -0.25) is 24.1 Å². The summed E-state index contributed by atoms with van der Waals surface area (Å²) in [5, 5.41) is 9.98. The molecule has 2 amide bonds. The first-order valence-electron chi connectivity index (χ1n) is 13.1. The second-order valence-electron chi connectivity index (χ2n) is 10.6. The van der Waals surface area contributed by atoms with E-state index in [0.717, 1.165) is 15.6 Å². The maximum atomic E-state index is 13.9. The summed E-state index contributed by atoms with van der Waals surface area (Å²) in [7, 11) is 1.47. The molecule has 0 unspecified atom stereocenters. The molecule has 4 aliphatic rings. The molecule has 202 valence electrons. The van der Waals surface area contributed by atoms with Crippen LogP contribution in [0.2, 0.25) is 0 Å². The lowest BCUT2D eigenvalue weighted by atomic mass is 9.60. The van der Waals surface area contributed by atoms with Crippen molar-refractivity contribution in [1.29, 1.82) is 0 Å². The summed E-state index contributed by atoms with van der Waals surface area (Å²) >= 11 is 3.40. The number of Topliss-reactive ketones (excluding diaryl/α,β-unsaturated/α-hetero) is 1. The molecule has 7 nitrogen and oxygen atoms in total. The zero-order valence-electron chi connectivity index (χ0n) is 21.9. The van der Waals surface area contributed by atoms with Crippen LogP contribution in [0.15, 0.2) is 87.5 Å². The standard InChI is InChI=1S/C32H26BrNO6/c1-16-13-26(36)24-15-23-20(21(28(24)30(16)37)9-3-17-4-12-25(35)27(14-17)40-2)10-11-22-29(23)32(39)34(31(22)38)19-7-5-18(33)6-8-19/h3-10,12-14,21-23,29,35H,11,15H2,1-2H3/t21-,22-,23+,29-/m0/s1. The number of imide groups is 1. The minimum atomic E-state index is -0.621. The van der Waals surface area contributed by atoms with Crippen molar-refractivity contribution in [2.45, 2.75) is 19.8 Å². The number of ketones is 2. The van der Waals surface area contributed by atoms with Gasteiger partial charge in [-0.2, -0.15) is 0 Å².